The molecule has 3 amide bonds. The van der Waals surface area contributed by atoms with Crippen LogP contribution in [0.25, 0.3) is 0 Å². The highest BCUT2D eigenvalue weighted by Crippen LogP contribution is 2.38. The molecular weight excluding hydrogens is 268 g/mol. The van der Waals surface area contributed by atoms with E-state index in [1.807, 2.05) is 6.92 Å². The van der Waals surface area contributed by atoms with Gasteiger partial charge in [0.25, 0.3) is 5.91 Å². The third-order valence-electron chi connectivity index (χ3n) is 4.19. The zero-order chi connectivity index (χ0) is 14.3. The number of carbonyl (C=O) groups excluding carboxylic acids is 2. The summed E-state index contributed by atoms with van der Waals surface area (Å²) in [6.07, 6.45) is 4.64. The second kappa shape index (κ2) is 4.77. The van der Waals surface area contributed by atoms with Crippen LogP contribution in [0.2, 0.25) is 0 Å². The number of nitrogens with one attached hydrogen (secondary N) is 1. The van der Waals surface area contributed by atoms with Crippen molar-refractivity contribution in [3.05, 3.63) is 0 Å². The number of urea groups is 1. The summed E-state index contributed by atoms with van der Waals surface area (Å²) in [5, 5.41) is 2.80. The molecule has 1 aliphatic heterocycles. The highest BCUT2D eigenvalue weighted by molar-refractivity contribution is 7.90. The third-order valence-corrected chi connectivity index (χ3v) is 5.11. The van der Waals surface area contributed by atoms with E-state index in [0.717, 1.165) is 30.4 Å². The van der Waals surface area contributed by atoms with Gasteiger partial charge in [-0.25, -0.2) is 13.2 Å². The molecule has 0 unspecified atom stereocenters. The second-order valence-electron chi connectivity index (χ2n) is 5.64. The molecule has 1 aliphatic carbocycles. The van der Waals surface area contributed by atoms with Gasteiger partial charge in [-0.1, -0.05) is 19.8 Å². The van der Waals surface area contributed by atoms with E-state index < -0.39 is 21.4 Å². The van der Waals surface area contributed by atoms with Gasteiger partial charge in [-0.05, 0) is 18.8 Å². The molecule has 2 atom stereocenters. The van der Waals surface area contributed by atoms with Crippen molar-refractivity contribution in [1.29, 1.82) is 0 Å². The highest BCUT2D eigenvalue weighted by atomic mass is 32.2. The van der Waals surface area contributed by atoms with Crippen molar-refractivity contribution in [3.63, 3.8) is 0 Å². The maximum Gasteiger partial charge on any atom is 0.325 e. The first kappa shape index (κ1) is 14.3. The van der Waals surface area contributed by atoms with Gasteiger partial charge in [-0.15, -0.1) is 0 Å². The number of rotatable bonds is 3. The third kappa shape index (κ3) is 2.61. The Morgan fingerprint density at radius 1 is 1.37 bits per heavy atom. The summed E-state index contributed by atoms with van der Waals surface area (Å²) in [4.78, 5) is 25.4. The summed E-state index contributed by atoms with van der Waals surface area (Å²) in [7, 11) is -3.19. The van der Waals surface area contributed by atoms with Gasteiger partial charge in [0.1, 0.15) is 15.4 Å². The van der Waals surface area contributed by atoms with E-state index >= 15 is 0 Å². The Morgan fingerprint density at radius 3 is 2.63 bits per heavy atom. The molecule has 1 N–H and O–H groups in total. The van der Waals surface area contributed by atoms with E-state index in [1.54, 1.807) is 0 Å². The van der Waals surface area contributed by atoms with Crippen LogP contribution in [0.1, 0.15) is 32.6 Å². The van der Waals surface area contributed by atoms with Crippen molar-refractivity contribution in [2.24, 2.45) is 5.92 Å². The molecule has 1 heterocycles. The number of hydrogen-bond donors (Lipinski definition) is 1. The standard InChI is InChI=1S/C12H20N2O4S/c1-9-5-3-4-6-12(9)10(15)14(11(16)13-12)7-8-19(2,17)18/h9H,3-8H2,1-2H3,(H,13,16)/t9-,12-/m1/s1. The van der Waals surface area contributed by atoms with E-state index in [-0.39, 0.29) is 24.1 Å². The molecular formula is C12H20N2O4S. The quantitative estimate of drug-likeness (QED) is 0.768. The van der Waals surface area contributed by atoms with Crippen molar-refractivity contribution in [3.8, 4) is 0 Å². The number of sulfone groups is 1. The molecule has 1 spiro atoms. The normalized spacial score (nSPS) is 31.9. The fraction of sp³-hybridized carbons (Fsp3) is 0.833. The first-order valence-electron chi connectivity index (χ1n) is 6.58. The molecule has 6 nitrogen and oxygen atoms in total. The monoisotopic (exact) mass is 288 g/mol. The van der Waals surface area contributed by atoms with Crippen LogP contribution in [-0.2, 0) is 14.6 Å². The molecule has 0 aromatic carbocycles. The summed E-state index contributed by atoms with van der Waals surface area (Å²) in [5.74, 6) is -0.342. The lowest BCUT2D eigenvalue weighted by Crippen LogP contribution is -2.54. The zero-order valence-electron chi connectivity index (χ0n) is 11.3. The van der Waals surface area contributed by atoms with Gasteiger partial charge in [0.2, 0.25) is 0 Å². The number of nitrogens with zero attached hydrogens (tertiary/aromatic N) is 1. The van der Waals surface area contributed by atoms with Crippen LogP contribution < -0.4 is 5.32 Å². The van der Waals surface area contributed by atoms with E-state index in [0.29, 0.717) is 6.42 Å². The van der Waals surface area contributed by atoms with Gasteiger partial charge in [0, 0.05) is 12.8 Å². The maximum absolute atomic E-state index is 12.5. The fourth-order valence-corrected chi connectivity index (χ4v) is 3.47. The van der Waals surface area contributed by atoms with Crippen LogP contribution >= 0.6 is 0 Å². The summed E-state index contributed by atoms with van der Waals surface area (Å²) >= 11 is 0. The molecule has 0 aromatic rings. The Kier molecular flexibility index (Phi) is 3.59. The lowest BCUT2D eigenvalue weighted by atomic mass is 9.73. The average molecular weight is 288 g/mol. The molecule has 2 aliphatic rings. The molecule has 1 saturated heterocycles. The van der Waals surface area contributed by atoms with E-state index in [2.05, 4.69) is 5.32 Å². The topological polar surface area (TPSA) is 83.6 Å². The lowest BCUT2D eigenvalue weighted by molar-refractivity contribution is -0.134. The maximum atomic E-state index is 12.5. The minimum atomic E-state index is -3.19. The summed E-state index contributed by atoms with van der Waals surface area (Å²) in [6, 6.07) is -0.456. The van der Waals surface area contributed by atoms with Crippen LogP contribution in [0.15, 0.2) is 0 Å². The second-order valence-corrected chi connectivity index (χ2v) is 7.89. The molecule has 2 rings (SSSR count). The predicted octanol–water partition coefficient (Wildman–Crippen LogP) is 0.532. The Labute approximate surface area is 113 Å². The Balaban J connectivity index is 2.16. The van der Waals surface area contributed by atoms with Gasteiger partial charge < -0.3 is 5.32 Å². The predicted molar refractivity (Wildman–Crippen MR) is 70.3 cm³/mol. The minimum absolute atomic E-state index is 0.0576. The summed E-state index contributed by atoms with van der Waals surface area (Å²) in [6.45, 7) is 1.91. The molecule has 108 valence electrons. The first-order valence-corrected chi connectivity index (χ1v) is 8.64. The van der Waals surface area contributed by atoms with E-state index in [4.69, 9.17) is 0 Å². The van der Waals surface area contributed by atoms with Gasteiger partial charge in [-0.3, -0.25) is 9.69 Å². The minimum Gasteiger partial charge on any atom is -0.323 e. The van der Waals surface area contributed by atoms with Crippen LogP contribution in [0.4, 0.5) is 4.79 Å². The van der Waals surface area contributed by atoms with Crippen molar-refractivity contribution in [2.75, 3.05) is 18.6 Å². The molecule has 0 radical (unpaired) electrons. The van der Waals surface area contributed by atoms with Gasteiger partial charge >= 0.3 is 6.03 Å². The number of amides is 3. The van der Waals surface area contributed by atoms with Crippen LogP contribution in [-0.4, -0.2) is 49.3 Å². The SMILES string of the molecule is C[C@@H]1CCCC[C@@]12NC(=O)N(CCS(C)(=O)=O)C2=O. The smallest absolute Gasteiger partial charge is 0.323 e. The lowest BCUT2D eigenvalue weighted by Gasteiger charge is -2.36. The number of imide groups is 1. The largest absolute Gasteiger partial charge is 0.325 e. The number of carbonyl (C=O) groups is 2. The zero-order valence-corrected chi connectivity index (χ0v) is 12.1. The highest BCUT2D eigenvalue weighted by Gasteiger charge is 2.54. The van der Waals surface area contributed by atoms with Crippen molar-refractivity contribution < 1.29 is 18.0 Å². The van der Waals surface area contributed by atoms with Gasteiger partial charge in [-0.2, -0.15) is 0 Å². The fourth-order valence-electron chi connectivity index (χ4n) is 2.96. The average Bonchev–Trinajstić information content (AvgIpc) is 2.53. The van der Waals surface area contributed by atoms with Gasteiger partial charge in [0.15, 0.2) is 0 Å². The van der Waals surface area contributed by atoms with E-state index in [1.165, 1.54) is 0 Å². The molecule has 0 bridgehead atoms. The van der Waals surface area contributed by atoms with E-state index in [9.17, 15) is 18.0 Å². The summed E-state index contributed by atoms with van der Waals surface area (Å²) < 4.78 is 22.3. The molecule has 19 heavy (non-hydrogen) atoms. The summed E-state index contributed by atoms with van der Waals surface area (Å²) in [5.41, 5.74) is -0.799. The first-order chi connectivity index (χ1) is 8.76. The van der Waals surface area contributed by atoms with Gasteiger partial charge in [0.05, 0.1) is 5.75 Å². The molecule has 0 aromatic heterocycles. The molecule has 2 fully saturated rings. The van der Waals surface area contributed by atoms with Crippen molar-refractivity contribution in [1.82, 2.24) is 10.2 Å². The van der Waals surface area contributed by atoms with Crippen LogP contribution in [0.3, 0.4) is 0 Å². The molecule has 1 saturated carbocycles. The Bertz CT molecular complexity index is 502. The molecule has 7 heteroatoms. The van der Waals surface area contributed by atoms with Crippen molar-refractivity contribution in [2.45, 2.75) is 38.1 Å². The number of hydrogen-bond acceptors (Lipinski definition) is 4. The van der Waals surface area contributed by atoms with Crippen LogP contribution in [0.5, 0.6) is 0 Å². The van der Waals surface area contributed by atoms with Crippen molar-refractivity contribution >= 4 is 21.8 Å². The Morgan fingerprint density at radius 2 is 2.05 bits per heavy atom. The Hall–Kier alpha value is -1.11. The van der Waals surface area contributed by atoms with Crippen LogP contribution in [0, 0.1) is 5.92 Å².